The van der Waals surface area contributed by atoms with Gasteiger partial charge < -0.3 is 0 Å². The van der Waals surface area contributed by atoms with E-state index in [0.29, 0.717) is 0 Å². The number of nitrogens with zero attached hydrogens (tertiary/aromatic N) is 4. The Kier molecular flexibility index (Phi) is 7.83. The van der Waals surface area contributed by atoms with Gasteiger partial charge in [-0.2, -0.15) is 0 Å². The first-order valence-corrected chi connectivity index (χ1v) is 20.2. The first-order chi connectivity index (χ1) is 27.7. The molecule has 4 nitrogen and oxygen atoms in total. The minimum absolute atomic E-state index is 0.874. The molecule has 7 aromatic carbocycles. The van der Waals surface area contributed by atoms with Crippen LogP contribution in [0.25, 0.3) is 108 Å². The summed E-state index contributed by atoms with van der Waals surface area (Å²) in [5.41, 5.74) is 14.4. The number of hydrogen-bond acceptors (Lipinski definition) is 6. The van der Waals surface area contributed by atoms with Gasteiger partial charge in [-0.3, -0.25) is 0 Å². The number of benzene rings is 7. The molecule has 4 heterocycles. The van der Waals surface area contributed by atoms with Crippen LogP contribution < -0.4 is 0 Å². The lowest BCUT2D eigenvalue weighted by Crippen LogP contribution is -1.95. The standard InChI is InChI=1S/C50H30N4S2/c1-3-11-31(12-4-1)39-29-43(33-19-23-35(24-20-33)49-53-41-15-7-9-17-45(41)55-49)51-47-37(39)27-28-38-40(32-13-5-2-6-14-32)30-44(52-48(38)47)34-21-25-36(26-22-34)50-54-42-16-8-10-18-46(42)56-50/h1-30H. The lowest BCUT2D eigenvalue weighted by atomic mass is 9.93. The molecule has 0 radical (unpaired) electrons. The van der Waals surface area contributed by atoms with E-state index in [2.05, 4.69) is 170 Å². The molecule has 0 amide bonds. The third kappa shape index (κ3) is 5.75. The molecule has 0 unspecified atom stereocenters. The summed E-state index contributed by atoms with van der Waals surface area (Å²) in [5, 5.41) is 4.15. The highest BCUT2D eigenvalue weighted by molar-refractivity contribution is 7.22. The third-order valence-corrected chi connectivity index (χ3v) is 12.5. The molecule has 0 saturated heterocycles. The van der Waals surface area contributed by atoms with E-state index in [4.69, 9.17) is 19.9 Å². The van der Waals surface area contributed by atoms with E-state index < -0.39 is 0 Å². The van der Waals surface area contributed by atoms with Crippen LogP contribution in [0.2, 0.25) is 0 Å². The van der Waals surface area contributed by atoms with Crippen LogP contribution in [0, 0.1) is 0 Å². The van der Waals surface area contributed by atoms with E-state index in [-0.39, 0.29) is 0 Å². The summed E-state index contributed by atoms with van der Waals surface area (Å²) in [6, 6.07) is 63.9. The average molecular weight is 751 g/mol. The summed E-state index contributed by atoms with van der Waals surface area (Å²) >= 11 is 3.43. The Bertz CT molecular complexity index is 2940. The molecule has 0 bridgehead atoms. The van der Waals surface area contributed by atoms with Gasteiger partial charge in [-0.1, -0.05) is 146 Å². The third-order valence-electron chi connectivity index (χ3n) is 10.4. The smallest absolute Gasteiger partial charge is 0.124 e. The molecule has 0 atom stereocenters. The Morgan fingerprint density at radius 3 is 1.09 bits per heavy atom. The maximum atomic E-state index is 5.46. The molecule has 0 aliphatic heterocycles. The predicted molar refractivity (Wildman–Crippen MR) is 236 cm³/mol. The van der Waals surface area contributed by atoms with Crippen molar-refractivity contribution in [2.24, 2.45) is 0 Å². The van der Waals surface area contributed by atoms with Crippen molar-refractivity contribution in [2.45, 2.75) is 0 Å². The summed E-state index contributed by atoms with van der Waals surface area (Å²) in [7, 11) is 0. The lowest BCUT2D eigenvalue weighted by molar-refractivity contribution is 1.36. The number of aromatic nitrogens is 4. The van der Waals surface area contributed by atoms with E-state index in [1.807, 2.05) is 12.1 Å². The highest BCUT2D eigenvalue weighted by Crippen LogP contribution is 2.40. The molecule has 56 heavy (non-hydrogen) atoms. The number of rotatable bonds is 6. The van der Waals surface area contributed by atoms with E-state index in [1.54, 1.807) is 22.7 Å². The molecule has 262 valence electrons. The van der Waals surface area contributed by atoms with Crippen molar-refractivity contribution in [3.8, 4) is 65.9 Å². The van der Waals surface area contributed by atoms with Gasteiger partial charge in [0.25, 0.3) is 0 Å². The number of pyridine rings is 2. The molecule has 4 aromatic heterocycles. The Morgan fingerprint density at radius 2 is 0.679 bits per heavy atom. The normalized spacial score (nSPS) is 11.6. The van der Waals surface area contributed by atoms with Crippen LogP contribution in [0.1, 0.15) is 0 Å². The quantitative estimate of drug-likeness (QED) is 0.159. The fourth-order valence-corrected chi connectivity index (χ4v) is 9.48. The van der Waals surface area contributed by atoms with Crippen LogP contribution >= 0.6 is 22.7 Å². The molecular formula is C50H30N4S2. The molecular weight excluding hydrogens is 721 g/mol. The van der Waals surface area contributed by atoms with Crippen LogP contribution in [-0.2, 0) is 0 Å². The number of para-hydroxylation sites is 2. The van der Waals surface area contributed by atoms with Gasteiger partial charge in [0.05, 0.1) is 42.9 Å². The molecule has 0 fully saturated rings. The second-order valence-corrected chi connectivity index (χ2v) is 15.9. The zero-order valence-corrected chi connectivity index (χ0v) is 31.6. The first-order valence-electron chi connectivity index (χ1n) is 18.5. The van der Waals surface area contributed by atoms with Gasteiger partial charge in [-0.05, 0) is 58.7 Å². The van der Waals surface area contributed by atoms with Gasteiger partial charge in [-0.15, -0.1) is 22.7 Å². The van der Waals surface area contributed by atoms with Gasteiger partial charge in [0.2, 0.25) is 0 Å². The fourth-order valence-electron chi connectivity index (χ4n) is 7.54. The predicted octanol–water partition coefficient (Wildman–Crippen LogP) is 14.0. The molecule has 0 aliphatic rings. The first kappa shape index (κ1) is 32.6. The second-order valence-electron chi connectivity index (χ2n) is 13.8. The van der Waals surface area contributed by atoms with Crippen molar-refractivity contribution in [2.75, 3.05) is 0 Å². The van der Waals surface area contributed by atoms with Crippen LogP contribution in [0.5, 0.6) is 0 Å². The van der Waals surface area contributed by atoms with Crippen LogP contribution in [-0.4, -0.2) is 19.9 Å². The Balaban J connectivity index is 1.10. The highest BCUT2D eigenvalue weighted by Gasteiger charge is 2.18. The average Bonchev–Trinajstić information content (AvgIpc) is 3.92. The van der Waals surface area contributed by atoms with E-state index >= 15 is 0 Å². The Morgan fingerprint density at radius 1 is 0.304 bits per heavy atom. The van der Waals surface area contributed by atoms with Crippen LogP contribution in [0.3, 0.4) is 0 Å². The zero-order chi connectivity index (χ0) is 37.0. The molecule has 11 aromatic rings. The van der Waals surface area contributed by atoms with E-state index in [9.17, 15) is 0 Å². The van der Waals surface area contributed by atoms with Gasteiger partial charge in [0.15, 0.2) is 0 Å². The van der Waals surface area contributed by atoms with Crippen molar-refractivity contribution in [3.63, 3.8) is 0 Å². The van der Waals surface area contributed by atoms with Crippen molar-refractivity contribution < 1.29 is 0 Å². The van der Waals surface area contributed by atoms with E-state index in [0.717, 1.165) is 98.7 Å². The number of thiazole rings is 2. The maximum Gasteiger partial charge on any atom is 0.124 e. The number of hydrogen-bond donors (Lipinski definition) is 0. The SMILES string of the molecule is c1ccc(-c2cc(-c3ccc(-c4nc5ccccc5s4)cc3)nc3c2ccc2c(-c4ccccc4)cc(-c4ccc(-c5nc6ccccc6s5)cc4)nc23)cc1. The summed E-state index contributed by atoms with van der Waals surface area (Å²) in [4.78, 5) is 20.7. The minimum Gasteiger partial charge on any atom is -0.245 e. The van der Waals surface area contributed by atoms with Crippen molar-refractivity contribution in [1.29, 1.82) is 0 Å². The van der Waals surface area contributed by atoms with Crippen molar-refractivity contribution >= 4 is 64.9 Å². The lowest BCUT2D eigenvalue weighted by Gasteiger charge is -2.15. The van der Waals surface area contributed by atoms with Gasteiger partial charge in [-0.25, -0.2) is 19.9 Å². The summed E-state index contributed by atoms with van der Waals surface area (Å²) < 4.78 is 2.38. The van der Waals surface area contributed by atoms with Crippen LogP contribution in [0.15, 0.2) is 182 Å². The van der Waals surface area contributed by atoms with Crippen molar-refractivity contribution in [1.82, 2.24) is 19.9 Å². The molecule has 0 aliphatic carbocycles. The zero-order valence-electron chi connectivity index (χ0n) is 29.9. The van der Waals surface area contributed by atoms with Gasteiger partial charge >= 0.3 is 0 Å². The number of fused-ring (bicyclic) bond motifs is 5. The Labute approximate surface area is 331 Å². The second kappa shape index (κ2) is 13.5. The minimum atomic E-state index is 0.874. The monoisotopic (exact) mass is 750 g/mol. The van der Waals surface area contributed by atoms with Crippen molar-refractivity contribution in [3.05, 3.63) is 182 Å². The Hall–Kier alpha value is -6.86. The largest absolute Gasteiger partial charge is 0.245 e. The molecule has 0 N–H and O–H groups in total. The topological polar surface area (TPSA) is 51.6 Å². The molecule has 11 rings (SSSR count). The molecule has 0 saturated carbocycles. The molecule has 6 heteroatoms. The fraction of sp³-hybridized carbons (Fsp3) is 0. The maximum absolute atomic E-state index is 5.46. The highest BCUT2D eigenvalue weighted by atomic mass is 32.1. The summed E-state index contributed by atoms with van der Waals surface area (Å²) in [6.07, 6.45) is 0. The summed E-state index contributed by atoms with van der Waals surface area (Å²) in [5.74, 6) is 0. The van der Waals surface area contributed by atoms with Crippen LogP contribution in [0.4, 0.5) is 0 Å². The van der Waals surface area contributed by atoms with Gasteiger partial charge in [0.1, 0.15) is 10.0 Å². The molecule has 0 spiro atoms. The summed E-state index contributed by atoms with van der Waals surface area (Å²) in [6.45, 7) is 0. The van der Waals surface area contributed by atoms with E-state index in [1.165, 1.54) is 9.40 Å². The van der Waals surface area contributed by atoms with Gasteiger partial charge in [0, 0.05) is 33.0 Å².